The minimum atomic E-state index is -5.07. The van der Waals surface area contributed by atoms with Crippen molar-refractivity contribution in [1.29, 1.82) is 5.26 Å². The van der Waals surface area contributed by atoms with Gasteiger partial charge in [0, 0.05) is 0 Å². The van der Waals surface area contributed by atoms with Gasteiger partial charge in [0.25, 0.3) is 0 Å². The molecule has 0 amide bonds. The van der Waals surface area contributed by atoms with E-state index in [1.54, 1.807) is 0 Å². The van der Waals surface area contributed by atoms with Crippen LogP contribution in [-0.2, 0) is 4.74 Å². The number of carbonyl (C=O) groups is 1. The lowest BCUT2D eigenvalue weighted by Crippen LogP contribution is -2.21. The van der Waals surface area contributed by atoms with Gasteiger partial charge in [-0.2, -0.15) is 5.26 Å². The number of pyridine rings is 1. The van der Waals surface area contributed by atoms with Crippen LogP contribution in [-0.4, -0.2) is 23.9 Å². The summed E-state index contributed by atoms with van der Waals surface area (Å²) in [6, 6.07) is 2.46. The minimum absolute atomic E-state index is 0.0657. The Labute approximate surface area is 105 Å². The molecule has 1 aromatic heterocycles. The molecule has 1 heterocycles. The molecule has 0 atom stereocenters. The number of ether oxygens (including phenoxy) is 2. The van der Waals surface area contributed by atoms with Gasteiger partial charge in [0.05, 0.1) is 12.3 Å². The van der Waals surface area contributed by atoms with Crippen molar-refractivity contribution in [2.45, 2.75) is 13.3 Å². The maximum atomic E-state index is 12.2. The molecule has 0 saturated heterocycles. The number of nitrogen functional groups attached to an aromatic ring is 1. The molecule has 19 heavy (non-hydrogen) atoms. The Morgan fingerprint density at radius 3 is 2.68 bits per heavy atom. The minimum Gasteiger partial charge on any atom is -0.462 e. The molecular formula is C10H8F3N3O3. The van der Waals surface area contributed by atoms with Gasteiger partial charge in [0.15, 0.2) is 0 Å². The fourth-order valence-electron chi connectivity index (χ4n) is 1.19. The number of hydrogen-bond donors (Lipinski definition) is 1. The Kier molecular flexibility index (Phi) is 4.16. The average Bonchev–Trinajstić information content (AvgIpc) is 2.26. The summed E-state index contributed by atoms with van der Waals surface area (Å²) in [5.41, 5.74) is 3.94. The Bertz CT molecular complexity index is 537. The second kappa shape index (κ2) is 5.43. The Hall–Kier alpha value is -2.50. The van der Waals surface area contributed by atoms with Crippen molar-refractivity contribution in [1.82, 2.24) is 4.98 Å². The third-order valence-electron chi connectivity index (χ3n) is 1.82. The van der Waals surface area contributed by atoms with Crippen LogP contribution in [0.15, 0.2) is 6.07 Å². The van der Waals surface area contributed by atoms with Gasteiger partial charge in [0.2, 0.25) is 5.88 Å². The van der Waals surface area contributed by atoms with E-state index in [0.717, 1.165) is 6.07 Å². The second-order valence-electron chi connectivity index (χ2n) is 3.16. The lowest BCUT2D eigenvalue weighted by molar-refractivity contribution is -0.276. The first kappa shape index (κ1) is 14.6. The molecule has 2 N–H and O–H groups in total. The van der Waals surface area contributed by atoms with Crippen molar-refractivity contribution in [3.63, 3.8) is 0 Å². The van der Waals surface area contributed by atoms with Crippen LogP contribution in [0.25, 0.3) is 0 Å². The Balaban J connectivity index is 3.34. The number of hydrogen-bond acceptors (Lipinski definition) is 6. The predicted octanol–water partition coefficient (Wildman–Crippen LogP) is 1.61. The predicted molar refractivity (Wildman–Crippen MR) is 56.0 cm³/mol. The number of nitrogens with zero attached hydrogens (tertiary/aromatic N) is 2. The fourth-order valence-corrected chi connectivity index (χ4v) is 1.19. The molecule has 1 aromatic rings. The van der Waals surface area contributed by atoms with E-state index in [1.807, 2.05) is 0 Å². The molecule has 0 saturated carbocycles. The molecule has 0 aromatic carbocycles. The highest BCUT2D eigenvalue weighted by atomic mass is 19.4. The van der Waals surface area contributed by atoms with Gasteiger partial charge in [-0.3, -0.25) is 0 Å². The van der Waals surface area contributed by atoms with Crippen LogP contribution in [0.5, 0.6) is 5.88 Å². The monoisotopic (exact) mass is 275 g/mol. The van der Waals surface area contributed by atoms with Crippen molar-refractivity contribution < 1.29 is 27.4 Å². The summed E-state index contributed by atoms with van der Waals surface area (Å²) >= 11 is 0. The molecule has 0 aliphatic carbocycles. The zero-order valence-electron chi connectivity index (χ0n) is 9.61. The van der Waals surface area contributed by atoms with Gasteiger partial charge in [-0.1, -0.05) is 0 Å². The fraction of sp³-hybridized carbons (Fsp3) is 0.300. The summed E-state index contributed by atoms with van der Waals surface area (Å²) in [5.74, 6) is -2.22. The summed E-state index contributed by atoms with van der Waals surface area (Å²) in [5, 5.41) is 8.60. The van der Waals surface area contributed by atoms with E-state index in [9.17, 15) is 18.0 Å². The van der Waals surface area contributed by atoms with Crippen LogP contribution in [0.4, 0.5) is 18.9 Å². The summed E-state index contributed by atoms with van der Waals surface area (Å²) in [4.78, 5) is 14.8. The zero-order valence-corrected chi connectivity index (χ0v) is 9.61. The van der Waals surface area contributed by atoms with Crippen molar-refractivity contribution in [2.24, 2.45) is 0 Å². The molecule has 0 bridgehead atoms. The van der Waals surface area contributed by atoms with Gasteiger partial charge >= 0.3 is 12.3 Å². The van der Waals surface area contributed by atoms with Gasteiger partial charge in [-0.15, -0.1) is 13.2 Å². The summed E-state index contributed by atoms with van der Waals surface area (Å²) in [6.07, 6.45) is -5.07. The van der Waals surface area contributed by atoms with Crippen molar-refractivity contribution >= 4 is 11.7 Å². The number of rotatable bonds is 3. The number of anilines is 1. The average molecular weight is 275 g/mol. The highest BCUT2D eigenvalue weighted by Crippen LogP contribution is 2.29. The molecule has 9 heteroatoms. The third kappa shape index (κ3) is 3.74. The lowest BCUT2D eigenvalue weighted by atomic mass is 10.2. The first-order valence-electron chi connectivity index (χ1n) is 4.92. The maximum absolute atomic E-state index is 12.2. The molecule has 0 aliphatic heterocycles. The summed E-state index contributed by atoms with van der Waals surface area (Å²) in [7, 11) is 0. The smallest absolute Gasteiger partial charge is 0.462 e. The van der Waals surface area contributed by atoms with Gasteiger partial charge in [-0.25, -0.2) is 9.78 Å². The summed E-state index contributed by atoms with van der Waals surface area (Å²) in [6.45, 7) is 1.40. The largest absolute Gasteiger partial charge is 0.574 e. The number of carbonyl (C=O) groups excluding carboxylic acids is 1. The number of nitriles is 1. The van der Waals surface area contributed by atoms with E-state index < -0.39 is 29.5 Å². The Morgan fingerprint density at radius 1 is 1.58 bits per heavy atom. The van der Waals surface area contributed by atoms with Crippen molar-refractivity contribution in [3.8, 4) is 11.9 Å². The van der Waals surface area contributed by atoms with Gasteiger partial charge in [0.1, 0.15) is 17.3 Å². The van der Waals surface area contributed by atoms with Gasteiger partial charge < -0.3 is 15.2 Å². The molecule has 0 fully saturated rings. The standard InChI is InChI=1S/C10H8F3N3O3/c1-2-18-9(17)7-6(15)3-5(4-14)16-8(7)19-10(11,12)13/h3H,2H2,1H3,(H2,15,16). The van der Waals surface area contributed by atoms with Crippen LogP contribution in [0.1, 0.15) is 23.0 Å². The second-order valence-corrected chi connectivity index (χ2v) is 3.16. The van der Waals surface area contributed by atoms with Gasteiger partial charge in [-0.05, 0) is 13.0 Å². The molecule has 6 nitrogen and oxygen atoms in total. The highest BCUT2D eigenvalue weighted by molar-refractivity contribution is 5.97. The molecule has 0 spiro atoms. The van der Waals surface area contributed by atoms with E-state index in [2.05, 4.69) is 14.5 Å². The molecular weight excluding hydrogens is 267 g/mol. The van der Waals surface area contributed by atoms with Crippen LogP contribution in [0, 0.1) is 11.3 Å². The third-order valence-corrected chi connectivity index (χ3v) is 1.82. The molecule has 0 aliphatic rings. The van der Waals surface area contributed by atoms with Crippen molar-refractivity contribution in [3.05, 3.63) is 17.3 Å². The quantitative estimate of drug-likeness (QED) is 0.841. The van der Waals surface area contributed by atoms with E-state index in [4.69, 9.17) is 11.0 Å². The number of halogens is 3. The Morgan fingerprint density at radius 2 is 2.21 bits per heavy atom. The zero-order chi connectivity index (χ0) is 14.6. The van der Waals surface area contributed by atoms with E-state index in [0.29, 0.717) is 0 Å². The van der Waals surface area contributed by atoms with E-state index in [-0.39, 0.29) is 12.3 Å². The normalized spacial score (nSPS) is 10.7. The van der Waals surface area contributed by atoms with Crippen LogP contribution >= 0.6 is 0 Å². The highest BCUT2D eigenvalue weighted by Gasteiger charge is 2.35. The molecule has 0 unspecified atom stereocenters. The number of alkyl halides is 3. The first-order valence-corrected chi connectivity index (χ1v) is 4.92. The van der Waals surface area contributed by atoms with E-state index in [1.165, 1.54) is 13.0 Å². The lowest BCUT2D eigenvalue weighted by Gasteiger charge is -2.13. The van der Waals surface area contributed by atoms with E-state index >= 15 is 0 Å². The topological polar surface area (TPSA) is 98.2 Å². The van der Waals surface area contributed by atoms with Crippen LogP contribution in [0.2, 0.25) is 0 Å². The number of esters is 1. The molecule has 0 radical (unpaired) electrons. The van der Waals surface area contributed by atoms with Crippen molar-refractivity contribution in [2.75, 3.05) is 12.3 Å². The SMILES string of the molecule is CCOC(=O)c1c(N)cc(C#N)nc1OC(F)(F)F. The van der Waals surface area contributed by atoms with Crippen LogP contribution in [0.3, 0.4) is 0 Å². The number of nitrogens with two attached hydrogens (primary N) is 1. The summed E-state index contributed by atoms with van der Waals surface area (Å²) < 4.78 is 44.7. The molecule has 1 rings (SSSR count). The van der Waals surface area contributed by atoms with Crippen LogP contribution < -0.4 is 10.5 Å². The maximum Gasteiger partial charge on any atom is 0.574 e. The first-order chi connectivity index (χ1) is 8.78. The molecule has 102 valence electrons. The number of aromatic nitrogens is 1.